The number of likely N-dealkylation sites (N-methyl/N-ethyl adjacent to an activating group) is 2. The van der Waals surface area contributed by atoms with Gasteiger partial charge in [-0.1, -0.05) is 30.3 Å². The zero-order chi connectivity index (χ0) is 22.8. The molecule has 3 aliphatic rings. The number of carbonyl (C=O) groups excluding carboxylic acids is 3. The Balaban J connectivity index is 1.57. The number of piperazine rings is 1. The summed E-state index contributed by atoms with van der Waals surface area (Å²) in [6.45, 7) is 5.71. The van der Waals surface area contributed by atoms with Crippen molar-refractivity contribution in [3.63, 3.8) is 0 Å². The van der Waals surface area contributed by atoms with Crippen LogP contribution in [-0.2, 0) is 16.1 Å². The molecule has 1 atom stereocenters. The molecule has 3 aliphatic heterocycles. The average molecular weight is 442 g/mol. The summed E-state index contributed by atoms with van der Waals surface area (Å²) in [5, 5.41) is 0. The third kappa shape index (κ3) is 4.10. The molecule has 0 bridgehead atoms. The van der Waals surface area contributed by atoms with Crippen LogP contribution in [0.3, 0.4) is 0 Å². The average Bonchev–Trinajstić information content (AvgIpc) is 3.15. The van der Waals surface area contributed by atoms with Gasteiger partial charge >= 0.3 is 18.0 Å². The van der Waals surface area contributed by atoms with Gasteiger partial charge in [0.2, 0.25) is 0 Å². The number of amides is 4. The van der Waals surface area contributed by atoms with Crippen molar-refractivity contribution in [2.75, 3.05) is 53.4 Å². The highest BCUT2D eigenvalue weighted by molar-refractivity contribution is 6.23. The number of rotatable bonds is 5. The lowest BCUT2D eigenvalue weighted by Crippen LogP contribution is -2.61. The van der Waals surface area contributed by atoms with Gasteiger partial charge in [0.05, 0.1) is 6.61 Å². The van der Waals surface area contributed by atoms with Crippen LogP contribution in [0.2, 0.25) is 0 Å². The molecule has 0 aromatic heterocycles. The van der Waals surface area contributed by atoms with E-state index in [-0.39, 0.29) is 18.0 Å². The molecule has 1 aromatic rings. The summed E-state index contributed by atoms with van der Waals surface area (Å²) < 4.78 is 7.09. The minimum Gasteiger partial charge on any atom is -0.450 e. The number of carbonyl (C=O) groups is 3. The molecule has 4 rings (SSSR count). The van der Waals surface area contributed by atoms with Gasteiger partial charge in [-0.3, -0.25) is 19.5 Å². The van der Waals surface area contributed by atoms with Gasteiger partial charge in [-0.15, -0.1) is 0 Å². The minimum absolute atomic E-state index is 0.273. The normalized spacial score (nSPS) is 21.8. The molecule has 1 aromatic carbocycles. The summed E-state index contributed by atoms with van der Waals surface area (Å²) in [4.78, 5) is 48.8. The zero-order valence-corrected chi connectivity index (χ0v) is 18.7. The van der Waals surface area contributed by atoms with E-state index < -0.39 is 6.04 Å². The Bertz CT molecular complexity index is 968. The molecule has 0 radical (unpaired) electrons. The predicted octanol–water partition coefficient (Wildman–Crippen LogP) is 0.676. The number of benzene rings is 1. The van der Waals surface area contributed by atoms with E-state index in [0.717, 1.165) is 16.3 Å². The van der Waals surface area contributed by atoms with Gasteiger partial charge in [-0.25, -0.2) is 14.2 Å². The van der Waals surface area contributed by atoms with Gasteiger partial charge in [-0.05, 0) is 17.5 Å². The van der Waals surface area contributed by atoms with E-state index in [0.29, 0.717) is 51.7 Å². The molecule has 170 valence electrons. The fourth-order valence-electron chi connectivity index (χ4n) is 4.24. The number of hydrogen-bond donors (Lipinski definition) is 0. The lowest BCUT2D eigenvalue weighted by Gasteiger charge is -2.33. The van der Waals surface area contributed by atoms with Crippen LogP contribution in [0, 0.1) is 0 Å². The maximum Gasteiger partial charge on any atom is 0.409 e. The van der Waals surface area contributed by atoms with E-state index in [9.17, 15) is 14.4 Å². The second-order valence-electron chi connectivity index (χ2n) is 8.10. The Morgan fingerprint density at radius 1 is 1.09 bits per heavy atom. The largest absolute Gasteiger partial charge is 0.450 e. The first-order chi connectivity index (χ1) is 15.4. The molecule has 3 heterocycles. The second-order valence-corrected chi connectivity index (χ2v) is 8.10. The van der Waals surface area contributed by atoms with Crippen molar-refractivity contribution in [3.05, 3.63) is 35.9 Å². The molecule has 0 N–H and O–H groups in total. The molecule has 32 heavy (non-hydrogen) atoms. The third-order valence-corrected chi connectivity index (χ3v) is 6.07. The summed E-state index contributed by atoms with van der Waals surface area (Å²) >= 11 is 0. The SMILES string of the molecule is CCOC(=O)N1CCN(CC2=[N+](Cc3ccccc3)C3C(=O)N(C)C(=O)N(C)C3=N2)CC1. The van der Waals surface area contributed by atoms with E-state index >= 15 is 0 Å². The summed E-state index contributed by atoms with van der Waals surface area (Å²) in [5.74, 6) is 0.945. The lowest BCUT2D eigenvalue weighted by atomic mass is 10.1. The van der Waals surface area contributed by atoms with Crippen LogP contribution in [0.4, 0.5) is 9.59 Å². The zero-order valence-electron chi connectivity index (χ0n) is 18.7. The number of urea groups is 1. The lowest BCUT2D eigenvalue weighted by molar-refractivity contribution is -0.552. The van der Waals surface area contributed by atoms with Crippen LogP contribution in [0.5, 0.6) is 0 Å². The molecular weight excluding hydrogens is 412 g/mol. The fraction of sp³-hybridized carbons (Fsp3) is 0.500. The van der Waals surface area contributed by atoms with Gasteiger partial charge in [0.25, 0.3) is 17.8 Å². The van der Waals surface area contributed by atoms with Crippen LogP contribution in [0.1, 0.15) is 12.5 Å². The van der Waals surface area contributed by atoms with E-state index in [1.165, 1.54) is 11.9 Å². The molecule has 0 saturated carbocycles. The fourth-order valence-corrected chi connectivity index (χ4v) is 4.24. The van der Waals surface area contributed by atoms with Crippen molar-refractivity contribution >= 4 is 29.7 Å². The quantitative estimate of drug-likeness (QED) is 0.627. The summed E-state index contributed by atoms with van der Waals surface area (Å²) in [6.07, 6.45) is -0.286. The number of ether oxygens (including phenoxy) is 1. The first-order valence-corrected chi connectivity index (χ1v) is 10.8. The Kier molecular flexibility index (Phi) is 6.22. The van der Waals surface area contributed by atoms with Crippen molar-refractivity contribution in [3.8, 4) is 0 Å². The van der Waals surface area contributed by atoms with Crippen LogP contribution >= 0.6 is 0 Å². The van der Waals surface area contributed by atoms with Gasteiger partial charge in [0.1, 0.15) is 13.1 Å². The Morgan fingerprint density at radius 3 is 2.44 bits per heavy atom. The maximum absolute atomic E-state index is 13.1. The van der Waals surface area contributed by atoms with Gasteiger partial charge < -0.3 is 9.64 Å². The molecule has 10 nitrogen and oxygen atoms in total. The van der Waals surface area contributed by atoms with Crippen LogP contribution < -0.4 is 0 Å². The highest BCUT2D eigenvalue weighted by Crippen LogP contribution is 2.21. The third-order valence-electron chi connectivity index (χ3n) is 6.07. The number of aliphatic imine (C=N–C) groups is 1. The molecule has 1 unspecified atom stereocenters. The highest BCUT2D eigenvalue weighted by atomic mass is 16.6. The molecule has 4 amide bonds. The summed E-state index contributed by atoms with van der Waals surface area (Å²) in [6, 6.07) is 8.90. The van der Waals surface area contributed by atoms with Crippen molar-refractivity contribution in [2.45, 2.75) is 19.5 Å². The van der Waals surface area contributed by atoms with E-state index in [1.807, 2.05) is 34.9 Å². The standard InChI is InChI=1S/C22H29N6O4/c1-4-32-22(31)27-12-10-26(11-13-27)15-17-23-19-18(20(29)25(3)21(30)24(19)2)28(17)14-16-8-6-5-7-9-16/h5-9,18H,4,10-15H2,1-3H3/q+1. The first kappa shape index (κ1) is 21.9. The number of imide groups is 1. The first-order valence-electron chi connectivity index (χ1n) is 10.8. The van der Waals surface area contributed by atoms with Gasteiger partial charge in [0.15, 0.2) is 0 Å². The van der Waals surface area contributed by atoms with Crippen molar-refractivity contribution in [2.24, 2.45) is 4.99 Å². The van der Waals surface area contributed by atoms with Crippen molar-refractivity contribution < 1.29 is 23.7 Å². The van der Waals surface area contributed by atoms with E-state index in [1.54, 1.807) is 18.9 Å². The second kappa shape index (κ2) is 9.07. The van der Waals surface area contributed by atoms with E-state index in [2.05, 4.69) is 4.90 Å². The highest BCUT2D eigenvalue weighted by Gasteiger charge is 2.53. The number of nitrogens with zero attached hydrogens (tertiary/aromatic N) is 6. The van der Waals surface area contributed by atoms with Crippen LogP contribution in [0.15, 0.2) is 35.3 Å². The van der Waals surface area contributed by atoms with E-state index in [4.69, 9.17) is 9.73 Å². The Morgan fingerprint density at radius 2 is 1.78 bits per heavy atom. The summed E-state index contributed by atoms with van der Waals surface area (Å²) in [7, 11) is 3.16. The molecule has 0 spiro atoms. The van der Waals surface area contributed by atoms with Gasteiger partial charge in [0, 0.05) is 40.3 Å². The molecular formula is C22H29N6O4+. The van der Waals surface area contributed by atoms with Crippen LogP contribution in [0.25, 0.3) is 0 Å². The topological polar surface area (TPSA) is 88.8 Å². The summed E-state index contributed by atoms with van der Waals surface area (Å²) in [5.41, 5.74) is 1.06. The van der Waals surface area contributed by atoms with Crippen molar-refractivity contribution in [1.29, 1.82) is 0 Å². The Hall–Kier alpha value is -3.27. The maximum atomic E-state index is 13.1. The Labute approximate surface area is 187 Å². The van der Waals surface area contributed by atoms with Crippen molar-refractivity contribution in [1.82, 2.24) is 19.6 Å². The number of amidine groups is 2. The molecule has 10 heteroatoms. The minimum atomic E-state index is -0.626. The smallest absolute Gasteiger partial charge is 0.409 e. The molecule has 2 saturated heterocycles. The van der Waals surface area contributed by atoms with Gasteiger partial charge in [-0.2, -0.15) is 0 Å². The van der Waals surface area contributed by atoms with Crippen LogP contribution in [-0.4, -0.2) is 113 Å². The number of fused-ring (bicyclic) bond motifs is 1. The number of hydrogen-bond acceptors (Lipinski definition) is 6. The molecule has 0 aliphatic carbocycles. The molecule has 2 fully saturated rings. The predicted molar refractivity (Wildman–Crippen MR) is 118 cm³/mol. The monoisotopic (exact) mass is 441 g/mol.